The number of anilines is 1. The fourth-order valence-electron chi connectivity index (χ4n) is 3.75. The van der Waals surface area contributed by atoms with Gasteiger partial charge in [0.1, 0.15) is 11.6 Å². The van der Waals surface area contributed by atoms with E-state index in [0.29, 0.717) is 6.42 Å². The SMILES string of the molecule is Cc1nc(C2CC(=O)Nc3c2c(C(C)(C)C)nn3C)c2ccccn12. The lowest BCUT2D eigenvalue weighted by Gasteiger charge is -2.26. The van der Waals surface area contributed by atoms with Gasteiger partial charge in [0.05, 0.1) is 16.9 Å². The van der Waals surface area contributed by atoms with Crippen molar-refractivity contribution in [1.29, 1.82) is 0 Å². The van der Waals surface area contributed by atoms with Crippen molar-refractivity contribution in [2.24, 2.45) is 7.05 Å². The van der Waals surface area contributed by atoms with Gasteiger partial charge in [-0.1, -0.05) is 26.8 Å². The average molecular weight is 337 g/mol. The van der Waals surface area contributed by atoms with Gasteiger partial charge in [-0.2, -0.15) is 5.10 Å². The molecule has 0 bridgehead atoms. The lowest BCUT2D eigenvalue weighted by Crippen LogP contribution is -2.26. The molecule has 1 N–H and O–H groups in total. The number of pyridine rings is 1. The van der Waals surface area contributed by atoms with Gasteiger partial charge in [-0.25, -0.2) is 4.98 Å². The van der Waals surface area contributed by atoms with Crippen LogP contribution >= 0.6 is 0 Å². The van der Waals surface area contributed by atoms with Gasteiger partial charge in [0.2, 0.25) is 5.91 Å². The van der Waals surface area contributed by atoms with E-state index in [1.807, 2.05) is 32.3 Å². The summed E-state index contributed by atoms with van der Waals surface area (Å²) in [6.07, 6.45) is 2.40. The first-order valence-corrected chi connectivity index (χ1v) is 8.58. The van der Waals surface area contributed by atoms with Crippen LogP contribution in [0.15, 0.2) is 24.4 Å². The Hall–Kier alpha value is -2.63. The third-order valence-corrected chi connectivity index (χ3v) is 4.87. The van der Waals surface area contributed by atoms with Crippen molar-refractivity contribution in [3.8, 4) is 0 Å². The summed E-state index contributed by atoms with van der Waals surface area (Å²) in [6.45, 7) is 8.45. The molecular formula is C19H23N5O. The number of hydrogen-bond acceptors (Lipinski definition) is 3. The molecule has 1 aliphatic heterocycles. The van der Waals surface area contributed by atoms with Crippen LogP contribution < -0.4 is 5.32 Å². The standard InChI is InChI=1S/C19H23N5O/c1-11-20-16(13-8-6-7-9-24(11)13)12-10-14(25)21-18-15(12)17(19(2,3)4)22-23(18)5/h6-9,12H,10H2,1-5H3,(H,21,25). The molecule has 6 nitrogen and oxygen atoms in total. The molecule has 4 heterocycles. The van der Waals surface area contributed by atoms with Gasteiger partial charge in [0.25, 0.3) is 0 Å². The van der Waals surface area contributed by atoms with Crippen LogP contribution in [-0.2, 0) is 17.3 Å². The summed E-state index contributed by atoms with van der Waals surface area (Å²) in [5, 5.41) is 7.73. The highest BCUT2D eigenvalue weighted by atomic mass is 16.1. The number of nitrogens with zero attached hydrogens (tertiary/aromatic N) is 4. The highest BCUT2D eigenvalue weighted by molar-refractivity contribution is 5.95. The molecule has 0 radical (unpaired) electrons. The summed E-state index contributed by atoms with van der Waals surface area (Å²) in [6, 6.07) is 6.07. The Balaban J connectivity index is 2.00. The molecule has 1 unspecified atom stereocenters. The van der Waals surface area contributed by atoms with Crippen LogP contribution in [0.25, 0.3) is 5.52 Å². The van der Waals surface area contributed by atoms with E-state index in [0.717, 1.165) is 34.1 Å². The van der Waals surface area contributed by atoms with Gasteiger partial charge < -0.3 is 9.72 Å². The van der Waals surface area contributed by atoms with Crippen molar-refractivity contribution in [2.75, 3.05) is 5.32 Å². The minimum absolute atomic E-state index is 0.00990. The second kappa shape index (κ2) is 5.18. The number of carbonyl (C=O) groups is 1. The van der Waals surface area contributed by atoms with E-state index in [4.69, 9.17) is 10.1 Å². The molecule has 130 valence electrons. The molecule has 1 aliphatic rings. The number of hydrogen-bond donors (Lipinski definition) is 1. The maximum absolute atomic E-state index is 12.4. The molecule has 1 atom stereocenters. The first kappa shape index (κ1) is 15.9. The first-order chi connectivity index (χ1) is 11.8. The van der Waals surface area contributed by atoms with Gasteiger partial charge in [-0.15, -0.1) is 0 Å². The molecule has 0 fully saturated rings. The van der Waals surface area contributed by atoms with E-state index >= 15 is 0 Å². The van der Waals surface area contributed by atoms with Gasteiger partial charge in [0, 0.05) is 36.6 Å². The molecular weight excluding hydrogens is 314 g/mol. The lowest BCUT2D eigenvalue weighted by molar-refractivity contribution is -0.116. The number of fused-ring (bicyclic) bond motifs is 2. The highest BCUT2D eigenvalue weighted by Crippen LogP contribution is 2.43. The Labute approximate surface area is 146 Å². The molecule has 6 heteroatoms. The Morgan fingerprint density at radius 3 is 2.76 bits per heavy atom. The fourth-order valence-corrected chi connectivity index (χ4v) is 3.75. The van der Waals surface area contributed by atoms with E-state index < -0.39 is 0 Å². The number of rotatable bonds is 1. The topological polar surface area (TPSA) is 64.2 Å². The lowest BCUT2D eigenvalue weighted by atomic mass is 9.81. The van der Waals surface area contributed by atoms with E-state index in [-0.39, 0.29) is 17.2 Å². The molecule has 25 heavy (non-hydrogen) atoms. The number of imidazole rings is 1. The summed E-state index contributed by atoms with van der Waals surface area (Å²) >= 11 is 0. The van der Waals surface area contributed by atoms with Crippen molar-refractivity contribution in [1.82, 2.24) is 19.2 Å². The molecule has 3 aromatic rings. The zero-order valence-electron chi connectivity index (χ0n) is 15.3. The van der Waals surface area contributed by atoms with E-state index in [1.54, 1.807) is 4.68 Å². The largest absolute Gasteiger partial charge is 0.311 e. The van der Waals surface area contributed by atoms with Crippen LogP contribution in [0.4, 0.5) is 5.82 Å². The Bertz CT molecular complexity index is 989. The number of aryl methyl sites for hydroxylation is 2. The predicted molar refractivity (Wildman–Crippen MR) is 96.9 cm³/mol. The molecule has 0 saturated carbocycles. The van der Waals surface area contributed by atoms with E-state index in [2.05, 4.69) is 36.6 Å². The predicted octanol–water partition coefficient (Wildman–Crippen LogP) is 3.15. The number of nitrogens with one attached hydrogen (secondary N) is 1. The zero-order chi connectivity index (χ0) is 17.9. The second-order valence-electron chi connectivity index (χ2n) is 7.79. The van der Waals surface area contributed by atoms with Crippen LogP contribution in [0.5, 0.6) is 0 Å². The van der Waals surface area contributed by atoms with Crippen LogP contribution in [0.2, 0.25) is 0 Å². The summed E-state index contributed by atoms with van der Waals surface area (Å²) in [5.41, 5.74) is 4.00. The smallest absolute Gasteiger partial charge is 0.226 e. The van der Waals surface area contributed by atoms with Crippen LogP contribution in [0.1, 0.15) is 55.9 Å². The summed E-state index contributed by atoms with van der Waals surface area (Å²) in [7, 11) is 1.88. The zero-order valence-corrected chi connectivity index (χ0v) is 15.3. The van der Waals surface area contributed by atoms with Crippen molar-refractivity contribution >= 4 is 17.2 Å². The molecule has 0 aliphatic carbocycles. The minimum atomic E-state index is -0.115. The van der Waals surface area contributed by atoms with Gasteiger partial charge in [-0.3, -0.25) is 9.48 Å². The summed E-state index contributed by atoms with van der Waals surface area (Å²) < 4.78 is 3.86. The number of aromatic nitrogens is 4. The molecule has 4 rings (SSSR count). The molecule has 1 amide bonds. The Morgan fingerprint density at radius 1 is 1.28 bits per heavy atom. The van der Waals surface area contributed by atoms with Crippen molar-refractivity contribution in [3.63, 3.8) is 0 Å². The van der Waals surface area contributed by atoms with Crippen molar-refractivity contribution in [3.05, 3.63) is 47.2 Å². The molecule has 3 aromatic heterocycles. The van der Waals surface area contributed by atoms with Crippen LogP contribution in [0, 0.1) is 6.92 Å². The summed E-state index contributed by atoms with van der Waals surface area (Å²) in [5.74, 6) is 1.65. The van der Waals surface area contributed by atoms with Crippen molar-refractivity contribution < 1.29 is 4.79 Å². The fraction of sp³-hybridized carbons (Fsp3) is 0.421. The average Bonchev–Trinajstić information content (AvgIpc) is 3.06. The molecule has 0 spiro atoms. The Kier molecular flexibility index (Phi) is 3.29. The van der Waals surface area contributed by atoms with E-state index in [1.165, 1.54) is 0 Å². The first-order valence-electron chi connectivity index (χ1n) is 8.58. The van der Waals surface area contributed by atoms with Crippen molar-refractivity contribution in [2.45, 2.75) is 45.4 Å². The number of carbonyl (C=O) groups excluding carboxylic acids is 1. The molecule has 0 saturated heterocycles. The highest BCUT2D eigenvalue weighted by Gasteiger charge is 2.38. The minimum Gasteiger partial charge on any atom is -0.311 e. The van der Waals surface area contributed by atoms with Crippen LogP contribution in [-0.4, -0.2) is 25.1 Å². The third-order valence-electron chi connectivity index (χ3n) is 4.87. The quantitative estimate of drug-likeness (QED) is 0.742. The number of amides is 1. The third kappa shape index (κ3) is 2.35. The Morgan fingerprint density at radius 2 is 2.04 bits per heavy atom. The second-order valence-corrected chi connectivity index (χ2v) is 7.79. The van der Waals surface area contributed by atoms with Crippen LogP contribution in [0.3, 0.4) is 0 Å². The summed E-state index contributed by atoms with van der Waals surface area (Å²) in [4.78, 5) is 17.2. The van der Waals surface area contributed by atoms with Gasteiger partial charge >= 0.3 is 0 Å². The van der Waals surface area contributed by atoms with Gasteiger partial charge in [0.15, 0.2) is 0 Å². The monoisotopic (exact) mass is 337 g/mol. The maximum atomic E-state index is 12.4. The normalized spacial score (nSPS) is 17.6. The van der Waals surface area contributed by atoms with E-state index in [9.17, 15) is 4.79 Å². The van der Waals surface area contributed by atoms with Gasteiger partial charge in [-0.05, 0) is 19.1 Å². The molecule has 0 aromatic carbocycles. The maximum Gasteiger partial charge on any atom is 0.226 e.